The molecule has 9 heteroatoms. The van der Waals surface area contributed by atoms with Gasteiger partial charge in [0.2, 0.25) is 0 Å². The molecule has 1 N–H and O–H groups in total. The van der Waals surface area contributed by atoms with E-state index in [1.807, 2.05) is 30.3 Å². The number of benzene rings is 1. The van der Waals surface area contributed by atoms with Crippen LogP contribution >= 0.6 is 0 Å². The third-order valence-electron chi connectivity index (χ3n) is 3.30. The SMILES string of the molecule is [N-]=[N+]=N[C@@H](COCCOCCO)COCCOCCOCc1ccccc1. The Morgan fingerprint density at radius 3 is 1.96 bits per heavy atom. The van der Waals surface area contributed by atoms with Crippen molar-refractivity contribution in [2.45, 2.75) is 12.6 Å². The van der Waals surface area contributed by atoms with E-state index in [0.717, 1.165) is 5.56 Å². The minimum absolute atomic E-state index is 0.0174. The molecule has 1 aromatic carbocycles. The quantitative estimate of drug-likeness (QED) is 0.179. The molecule has 0 radical (unpaired) electrons. The topological polar surface area (TPSA) is 115 Å². The molecule has 27 heavy (non-hydrogen) atoms. The van der Waals surface area contributed by atoms with Gasteiger partial charge in [0.1, 0.15) is 0 Å². The van der Waals surface area contributed by atoms with E-state index in [0.29, 0.717) is 46.2 Å². The van der Waals surface area contributed by atoms with Gasteiger partial charge in [0.25, 0.3) is 0 Å². The Labute approximate surface area is 159 Å². The fraction of sp³-hybridized carbons (Fsp3) is 0.667. The van der Waals surface area contributed by atoms with Crippen molar-refractivity contribution in [3.63, 3.8) is 0 Å². The first-order valence-corrected chi connectivity index (χ1v) is 8.94. The molecule has 0 saturated heterocycles. The number of azide groups is 1. The molecule has 9 nitrogen and oxygen atoms in total. The van der Waals surface area contributed by atoms with Crippen LogP contribution < -0.4 is 0 Å². The largest absolute Gasteiger partial charge is 0.394 e. The zero-order valence-electron chi connectivity index (χ0n) is 15.6. The van der Waals surface area contributed by atoms with Crippen LogP contribution in [0.25, 0.3) is 10.4 Å². The van der Waals surface area contributed by atoms with Gasteiger partial charge in [-0.25, -0.2) is 0 Å². The lowest BCUT2D eigenvalue weighted by Gasteiger charge is -2.12. The van der Waals surface area contributed by atoms with Crippen molar-refractivity contribution in [2.75, 3.05) is 66.1 Å². The summed E-state index contributed by atoms with van der Waals surface area (Å²) in [7, 11) is 0. The fourth-order valence-corrected chi connectivity index (χ4v) is 2.01. The van der Waals surface area contributed by atoms with Gasteiger partial charge in [-0.05, 0) is 11.1 Å². The minimum atomic E-state index is -0.401. The van der Waals surface area contributed by atoms with Gasteiger partial charge in [-0.15, -0.1) is 0 Å². The molecule has 0 unspecified atom stereocenters. The highest BCUT2D eigenvalue weighted by molar-refractivity contribution is 5.13. The third kappa shape index (κ3) is 14.1. The molecular weight excluding hydrogens is 354 g/mol. The second kappa shape index (κ2) is 17.7. The van der Waals surface area contributed by atoms with E-state index in [-0.39, 0.29) is 26.4 Å². The summed E-state index contributed by atoms with van der Waals surface area (Å²) in [5, 5.41) is 12.2. The Morgan fingerprint density at radius 2 is 1.37 bits per heavy atom. The van der Waals surface area contributed by atoms with Gasteiger partial charge < -0.3 is 28.8 Å². The second-order valence-electron chi connectivity index (χ2n) is 5.50. The minimum Gasteiger partial charge on any atom is -0.394 e. The first-order chi connectivity index (χ1) is 13.4. The number of nitrogens with zero attached hydrogens (tertiary/aromatic N) is 3. The first-order valence-electron chi connectivity index (χ1n) is 8.94. The zero-order valence-corrected chi connectivity index (χ0v) is 15.6. The average Bonchev–Trinajstić information content (AvgIpc) is 2.70. The van der Waals surface area contributed by atoms with Gasteiger partial charge in [-0.3, -0.25) is 0 Å². The predicted molar refractivity (Wildman–Crippen MR) is 99.4 cm³/mol. The van der Waals surface area contributed by atoms with Crippen molar-refractivity contribution in [1.82, 2.24) is 0 Å². The monoisotopic (exact) mass is 383 g/mol. The molecular formula is C18H29N3O6. The van der Waals surface area contributed by atoms with E-state index in [4.69, 9.17) is 34.3 Å². The van der Waals surface area contributed by atoms with E-state index in [1.54, 1.807) is 0 Å². The van der Waals surface area contributed by atoms with Crippen molar-refractivity contribution in [2.24, 2.45) is 5.11 Å². The van der Waals surface area contributed by atoms with E-state index >= 15 is 0 Å². The summed E-state index contributed by atoms with van der Waals surface area (Å²) in [6.07, 6.45) is 0. The summed E-state index contributed by atoms with van der Waals surface area (Å²) < 4.78 is 26.8. The Morgan fingerprint density at radius 1 is 0.815 bits per heavy atom. The number of hydrogen-bond acceptors (Lipinski definition) is 7. The van der Waals surface area contributed by atoms with Crippen molar-refractivity contribution < 1.29 is 28.8 Å². The van der Waals surface area contributed by atoms with Crippen LogP contribution in [0.15, 0.2) is 35.4 Å². The third-order valence-corrected chi connectivity index (χ3v) is 3.30. The lowest BCUT2D eigenvalue weighted by atomic mass is 10.2. The molecule has 0 saturated carbocycles. The van der Waals surface area contributed by atoms with Gasteiger partial charge in [-0.1, -0.05) is 35.4 Å². The van der Waals surface area contributed by atoms with Gasteiger partial charge >= 0.3 is 0 Å². The molecule has 0 aliphatic heterocycles. The molecule has 0 aromatic heterocycles. The first kappa shape index (κ1) is 23.3. The standard InChI is InChI=1S/C18H29N3O6/c19-21-20-18(15-26-12-8-23-7-6-22)16-27-13-10-24-9-11-25-14-17-4-2-1-3-5-17/h1-5,18,22H,6-16H2/t18-/m0/s1. The van der Waals surface area contributed by atoms with E-state index < -0.39 is 6.04 Å². The summed E-state index contributed by atoms with van der Waals surface area (Å²) in [6, 6.07) is 9.56. The Hall–Kier alpha value is -1.71. The molecule has 0 aliphatic rings. The maximum Gasteiger partial charge on any atom is 0.0841 e. The van der Waals surface area contributed by atoms with Crippen molar-refractivity contribution in [3.05, 3.63) is 46.3 Å². The maximum atomic E-state index is 8.57. The van der Waals surface area contributed by atoms with Crippen molar-refractivity contribution in [1.29, 1.82) is 0 Å². The highest BCUT2D eigenvalue weighted by atomic mass is 16.5. The van der Waals surface area contributed by atoms with Crippen LogP contribution in [0.1, 0.15) is 5.56 Å². The summed E-state index contributed by atoms with van der Waals surface area (Å²) in [5.41, 5.74) is 9.70. The Balaban J connectivity index is 1.93. The second-order valence-corrected chi connectivity index (χ2v) is 5.50. The van der Waals surface area contributed by atoms with Crippen LogP contribution in [-0.4, -0.2) is 77.2 Å². The van der Waals surface area contributed by atoms with Gasteiger partial charge in [0, 0.05) is 4.91 Å². The van der Waals surface area contributed by atoms with Crippen LogP contribution in [0.5, 0.6) is 0 Å². The van der Waals surface area contributed by atoms with Gasteiger partial charge in [-0.2, -0.15) is 0 Å². The molecule has 152 valence electrons. The van der Waals surface area contributed by atoms with E-state index in [9.17, 15) is 0 Å². The predicted octanol–water partition coefficient (Wildman–Crippen LogP) is 1.94. The average molecular weight is 383 g/mol. The number of rotatable bonds is 18. The highest BCUT2D eigenvalue weighted by Crippen LogP contribution is 2.00. The molecule has 0 bridgehead atoms. The Bertz CT molecular complexity index is 499. The number of aliphatic hydroxyl groups excluding tert-OH is 1. The summed E-state index contributed by atoms with van der Waals surface area (Å²) in [4.78, 5) is 2.79. The molecule has 0 amide bonds. The van der Waals surface area contributed by atoms with Crippen LogP contribution in [0.2, 0.25) is 0 Å². The van der Waals surface area contributed by atoms with E-state index in [1.165, 1.54) is 0 Å². The van der Waals surface area contributed by atoms with E-state index in [2.05, 4.69) is 10.0 Å². The number of hydrogen-bond donors (Lipinski definition) is 1. The number of aliphatic hydroxyl groups is 1. The van der Waals surface area contributed by atoms with Crippen LogP contribution in [0, 0.1) is 0 Å². The molecule has 1 rings (SSSR count). The molecule has 0 heterocycles. The van der Waals surface area contributed by atoms with Crippen LogP contribution in [0.3, 0.4) is 0 Å². The number of ether oxygens (including phenoxy) is 5. The van der Waals surface area contributed by atoms with Crippen molar-refractivity contribution >= 4 is 0 Å². The summed E-state index contributed by atoms with van der Waals surface area (Å²) in [6.45, 7) is 3.93. The summed E-state index contributed by atoms with van der Waals surface area (Å²) >= 11 is 0. The van der Waals surface area contributed by atoms with Crippen LogP contribution in [0.4, 0.5) is 0 Å². The molecule has 0 aliphatic carbocycles. The lowest BCUT2D eigenvalue weighted by molar-refractivity contribution is -0.00301. The zero-order chi connectivity index (χ0) is 19.4. The summed E-state index contributed by atoms with van der Waals surface area (Å²) in [5.74, 6) is 0. The molecule has 1 aromatic rings. The van der Waals surface area contributed by atoms with Crippen LogP contribution in [-0.2, 0) is 30.3 Å². The highest BCUT2D eigenvalue weighted by Gasteiger charge is 2.07. The Kier molecular flexibility index (Phi) is 15.3. The maximum absolute atomic E-state index is 8.57. The fourth-order valence-electron chi connectivity index (χ4n) is 2.01. The molecule has 1 atom stereocenters. The molecule has 0 spiro atoms. The lowest BCUT2D eigenvalue weighted by Crippen LogP contribution is -2.22. The smallest absolute Gasteiger partial charge is 0.0841 e. The normalized spacial score (nSPS) is 11.9. The molecule has 0 fully saturated rings. The van der Waals surface area contributed by atoms with Gasteiger partial charge in [0.05, 0.1) is 78.7 Å². The van der Waals surface area contributed by atoms with Gasteiger partial charge in [0.15, 0.2) is 0 Å². The van der Waals surface area contributed by atoms with Crippen molar-refractivity contribution in [3.8, 4) is 0 Å².